The summed E-state index contributed by atoms with van der Waals surface area (Å²) < 4.78 is 5.62. The first-order chi connectivity index (χ1) is 12.7. The second-order valence-electron chi connectivity index (χ2n) is 6.73. The Bertz CT molecular complexity index is 708. The van der Waals surface area contributed by atoms with Gasteiger partial charge < -0.3 is 15.4 Å². The van der Waals surface area contributed by atoms with E-state index < -0.39 is 0 Å². The van der Waals surface area contributed by atoms with Gasteiger partial charge in [-0.1, -0.05) is 30.3 Å². The van der Waals surface area contributed by atoms with Crippen molar-refractivity contribution in [1.82, 2.24) is 15.6 Å². The van der Waals surface area contributed by atoms with Crippen molar-refractivity contribution in [1.29, 1.82) is 0 Å². The molecule has 1 aromatic carbocycles. The normalized spacial score (nSPS) is 17.1. The van der Waals surface area contributed by atoms with Gasteiger partial charge in [0, 0.05) is 56.3 Å². The molecule has 0 unspecified atom stereocenters. The molecule has 2 N–H and O–H groups in total. The third kappa shape index (κ3) is 4.83. The van der Waals surface area contributed by atoms with E-state index in [2.05, 4.69) is 57.9 Å². The zero-order valence-electron chi connectivity index (χ0n) is 15.6. The average molecular weight is 373 g/mol. The number of aryl methyl sites for hydroxylation is 1. The highest BCUT2D eigenvalue weighted by atomic mass is 32.1. The third-order valence-electron chi connectivity index (χ3n) is 4.95. The SMILES string of the molecule is CN=C(NCCc1ncc(C)s1)NCC1(c2ccccc2)CCOCC1. The highest BCUT2D eigenvalue weighted by Crippen LogP contribution is 2.34. The molecule has 1 fully saturated rings. The summed E-state index contributed by atoms with van der Waals surface area (Å²) in [7, 11) is 1.82. The molecular formula is C20H28N4OS. The van der Waals surface area contributed by atoms with E-state index in [1.807, 2.05) is 13.2 Å². The van der Waals surface area contributed by atoms with Crippen molar-refractivity contribution in [3.8, 4) is 0 Å². The number of rotatable bonds is 6. The molecule has 0 radical (unpaired) electrons. The summed E-state index contributed by atoms with van der Waals surface area (Å²) >= 11 is 1.75. The van der Waals surface area contributed by atoms with Crippen LogP contribution in [0.25, 0.3) is 0 Å². The standard InChI is InChI=1S/C20H28N4OS/c1-16-14-23-18(26-16)8-11-22-19(21-2)24-15-20(9-12-25-13-10-20)17-6-4-3-5-7-17/h3-7,14H,8-13,15H2,1-2H3,(H2,21,22,24). The average Bonchev–Trinajstić information content (AvgIpc) is 3.11. The second kappa shape index (κ2) is 9.14. The van der Waals surface area contributed by atoms with Crippen LogP contribution in [-0.2, 0) is 16.6 Å². The monoisotopic (exact) mass is 372 g/mol. The maximum atomic E-state index is 5.62. The Morgan fingerprint density at radius 1 is 1.23 bits per heavy atom. The van der Waals surface area contributed by atoms with Crippen molar-refractivity contribution < 1.29 is 4.74 Å². The van der Waals surface area contributed by atoms with Crippen molar-refractivity contribution in [2.75, 3.05) is 33.4 Å². The number of benzene rings is 1. The van der Waals surface area contributed by atoms with Crippen LogP contribution in [0.1, 0.15) is 28.3 Å². The van der Waals surface area contributed by atoms with Crippen LogP contribution in [0.5, 0.6) is 0 Å². The predicted octanol–water partition coefficient (Wildman–Crippen LogP) is 2.91. The molecule has 5 nitrogen and oxygen atoms in total. The molecule has 1 aliphatic heterocycles. The summed E-state index contributed by atoms with van der Waals surface area (Å²) in [5.74, 6) is 0.847. The van der Waals surface area contributed by atoms with Gasteiger partial charge in [0.15, 0.2) is 5.96 Å². The highest BCUT2D eigenvalue weighted by molar-refractivity contribution is 7.11. The van der Waals surface area contributed by atoms with E-state index in [1.165, 1.54) is 10.4 Å². The van der Waals surface area contributed by atoms with Gasteiger partial charge >= 0.3 is 0 Å². The minimum atomic E-state index is 0.101. The fourth-order valence-electron chi connectivity index (χ4n) is 3.40. The molecule has 0 spiro atoms. The number of hydrogen-bond donors (Lipinski definition) is 2. The van der Waals surface area contributed by atoms with Crippen LogP contribution in [0.15, 0.2) is 41.5 Å². The molecule has 3 rings (SSSR count). The zero-order valence-corrected chi connectivity index (χ0v) is 16.4. The molecule has 1 aromatic heterocycles. The van der Waals surface area contributed by atoms with Gasteiger partial charge in [-0.25, -0.2) is 4.98 Å². The molecule has 1 aliphatic rings. The van der Waals surface area contributed by atoms with Gasteiger partial charge in [0.2, 0.25) is 0 Å². The maximum Gasteiger partial charge on any atom is 0.191 e. The number of guanidine groups is 1. The molecule has 0 saturated carbocycles. The van der Waals surface area contributed by atoms with Gasteiger partial charge in [-0.3, -0.25) is 4.99 Å². The van der Waals surface area contributed by atoms with Gasteiger partial charge in [-0.15, -0.1) is 11.3 Å². The number of hydrogen-bond acceptors (Lipinski definition) is 4. The summed E-state index contributed by atoms with van der Waals surface area (Å²) in [5.41, 5.74) is 1.48. The lowest BCUT2D eigenvalue weighted by molar-refractivity contribution is 0.0514. The van der Waals surface area contributed by atoms with Gasteiger partial charge in [0.05, 0.1) is 5.01 Å². The molecule has 0 amide bonds. The molecule has 140 valence electrons. The van der Waals surface area contributed by atoms with Gasteiger partial charge in [0.1, 0.15) is 0 Å². The first-order valence-electron chi connectivity index (χ1n) is 9.21. The van der Waals surface area contributed by atoms with Crippen molar-refractivity contribution in [2.45, 2.75) is 31.6 Å². The molecule has 1 saturated heterocycles. The van der Waals surface area contributed by atoms with Crippen molar-refractivity contribution in [3.63, 3.8) is 0 Å². The lowest BCUT2D eigenvalue weighted by Crippen LogP contribution is -2.48. The second-order valence-corrected chi connectivity index (χ2v) is 8.05. The number of aromatic nitrogens is 1. The molecule has 26 heavy (non-hydrogen) atoms. The van der Waals surface area contributed by atoms with Gasteiger partial charge in [-0.05, 0) is 25.3 Å². The van der Waals surface area contributed by atoms with Crippen LogP contribution in [0, 0.1) is 6.92 Å². The van der Waals surface area contributed by atoms with Crippen molar-refractivity contribution >= 4 is 17.3 Å². The summed E-state index contributed by atoms with van der Waals surface area (Å²) in [6.45, 7) is 5.40. The van der Waals surface area contributed by atoms with E-state index in [0.717, 1.165) is 56.5 Å². The maximum absolute atomic E-state index is 5.62. The largest absolute Gasteiger partial charge is 0.381 e. The zero-order chi connectivity index (χ0) is 18.2. The molecule has 0 aliphatic carbocycles. The minimum Gasteiger partial charge on any atom is -0.381 e. The Morgan fingerprint density at radius 3 is 2.65 bits per heavy atom. The van der Waals surface area contributed by atoms with Gasteiger partial charge in [-0.2, -0.15) is 0 Å². The number of nitrogens with one attached hydrogen (secondary N) is 2. The number of ether oxygens (including phenoxy) is 1. The molecule has 2 aromatic rings. The molecule has 0 bridgehead atoms. The Kier molecular flexibility index (Phi) is 6.63. The number of aliphatic imine (C=N–C) groups is 1. The summed E-state index contributed by atoms with van der Waals surface area (Å²) in [5, 5.41) is 8.11. The third-order valence-corrected chi connectivity index (χ3v) is 5.93. The van der Waals surface area contributed by atoms with Crippen LogP contribution in [0.2, 0.25) is 0 Å². The van der Waals surface area contributed by atoms with E-state index in [-0.39, 0.29) is 5.41 Å². The van der Waals surface area contributed by atoms with Crippen LogP contribution in [-0.4, -0.2) is 44.3 Å². The van der Waals surface area contributed by atoms with Crippen molar-refractivity contribution in [2.24, 2.45) is 4.99 Å². The molecule has 2 heterocycles. The molecule has 0 atom stereocenters. The lowest BCUT2D eigenvalue weighted by Gasteiger charge is -2.38. The Balaban J connectivity index is 1.56. The molecule has 6 heteroatoms. The quantitative estimate of drug-likeness (QED) is 0.605. The predicted molar refractivity (Wildman–Crippen MR) is 108 cm³/mol. The topological polar surface area (TPSA) is 58.5 Å². The number of thiazole rings is 1. The minimum absolute atomic E-state index is 0.101. The van der Waals surface area contributed by atoms with Crippen LogP contribution in [0.3, 0.4) is 0 Å². The Labute approximate surface area is 159 Å². The smallest absolute Gasteiger partial charge is 0.191 e. The number of nitrogens with zero attached hydrogens (tertiary/aromatic N) is 2. The van der Waals surface area contributed by atoms with E-state index in [1.54, 1.807) is 11.3 Å². The van der Waals surface area contributed by atoms with E-state index in [9.17, 15) is 0 Å². The van der Waals surface area contributed by atoms with Crippen LogP contribution < -0.4 is 10.6 Å². The first kappa shape index (κ1) is 18.9. The van der Waals surface area contributed by atoms with E-state index in [0.29, 0.717) is 0 Å². The fraction of sp³-hybridized carbons (Fsp3) is 0.500. The van der Waals surface area contributed by atoms with Crippen LogP contribution in [0.4, 0.5) is 0 Å². The van der Waals surface area contributed by atoms with Gasteiger partial charge in [0.25, 0.3) is 0 Å². The highest BCUT2D eigenvalue weighted by Gasteiger charge is 2.34. The van der Waals surface area contributed by atoms with Crippen LogP contribution >= 0.6 is 11.3 Å². The fourth-order valence-corrected chi connectivity index (χ4v) is 4.19. The first-order valence-corrected chi connectivity index (χ1v) is 10.0. The summed E-state index contributed by atoms with van der Waals surface area (Å²) in [6.07, 6.45) is 4.90. The van der Waals surface area contributed by atoms with Crippen molar-refractivity contribution in [3.05, 3.63) is 52.0 Å². The lowest BCUT2D eigenvalue weighted by atomic mass is 9.74. The van der Waals surface area contributed by atoms with E-state index in [4.69, 9.17) is 4.74 Å². The summed E-state index contributed by atoms with van der Waals surface area (Å²) in [4.78, 5) is 10.0. The Morgan fingerprint density at radius 2 is 2.00 bits per heavy atom. The van der Waals surface area contributed by atoms with E-state index >= 15 is 0 Å². The molecular weight excluding hydrogens is 344 g/mol. The summed E-state index contributed by atoms with van der Waals surface area (Å²) in [6, 6.07) is 10.8. The Hall–Kier alpha value is -1.92.